The van der Waals surface area contributed by atoms with Crippen molar-refractivity contribution in [1.29, 1.82) is 0 Å². The fourth-order valence-corrected chi connectivity index (χ4v) is 11.0. The highest BCUT2D eigenvalue weighted by molar-refractivity contribution is 6.08. The lowest BCUT2D eigenvalue weighted by molar-refractivity contribution is -0.139. The smallest absolute Gasteiger partial charge is 0.253 e. The van der Waals surface area contributed by atoms with E-state index in [4.69, 9.17) is 0 Å². The summed E-state index contributed by atoms with van der Waals surface area (Å²) in [4.78, 5) is 94.9. The molecule has 6 N–H and O–H groups in total. The van der Waals surface area contributed by atoms with Crippen LogP contribution in [-0.2, 0) is 32.3 Å². The number of amides is 6. The number of para-hydroxylation sites is 2. The summed E-state index contributed by atoms with van der Waals surface area (Å²) in [5.74, 6) is -1.38. The molecule has 2 aliphatic heterocycles. The molecule has 6 amide bonds. The molecule has 0 spiro atoms. The minimum atomic E-state index is -0.671. The highest BCUT2D eigenvalue weighted by Gasteiger charge is 2.38. The van der Waals surface area contributed by atoms with Crippen LogP contribution in [0.2, 0.25) is 0 Å². The Morgan fingerprint density at radius 2 is 0.925 bits per heavy atom. The number of likely N-dealkylation sites (tertiary alicyclic amines) is 2. The Hall–Kier alpha value is -8.22. The molecule has 0 radical (unpaired) electrons. The Kier molecular flexibility index (Phi) is 17.5. The second kappa shape index (κ2) is 24.8. The van der Waals surface area contributed by atoms with Gasteiger partial charge in [-0.05, 0) is 112 Å². The van der Waals surface area contributed by atoms with Gasteiger partial charge < -0.3 is 50.8 Å². The van der Waals surface area contributed by atoms with Gasteiger partial charge in [0.15, 0.2) is 0 Å². The van der Waals surface area contributed by atoms with E-state index < -0.39 is 24.2 Å². The standard InChI is InChI=1S/C62H74N12O6/c1-37(2)55(69-57(75)39(5)63-7)61(79)71-25-13-19-51(71)43-27-45(33-65-31-43)73-35-49(47-15-9-11-17-53(47)73)59(77)67-29-41-21-23-42(24-22-41)30-68-60(78)50-36-74(54-18-12-10-16-48(50)54)46-28-44(32-66-34-46)52-20-14-26-72(52)62(80)56(38(3)4)70-58(76)40(6)64-8/h9-12,15-18,21-24,27-28,31-40,51-52,55-56,63-64H,13-14,19-20,25-26,29-30H2,1-8H3,(H,67,77)(H,68,78)(H,69,75)(H,70,76)/t39-,40-,51-,52-,55-,56-/m0/s1. The zero-order valence-electron chi connectivity index (χ0n) is 47.0. The summed E-state index contributed by atoms with van der Waals surface area (Å²) in [6.07, 6.45) is 13.9. The summed E-state index contributed by atoms with van der Waals surface area (Å²) in [5.41, 5.74) is 7.72. The number of aromatic nitrogens is 4. The lowest BCUT2D eigenvalue weighted by Crippen LogP contribution is -2.54. The van der Waals surface area contributed by atoms with Gasteiger partial charge >= 0.3 is 0 Å². The Morgan fingerprint density at radius 1 is 0.537 bits per heavy atom. The van der Waals surface area contributed by atoms with E-state index in [1.54, 1.807) is 52.7 Å². The van der Waals surface area contributed by atoms with Crippen LogP contribution in [0.4, 0.5) is 0 Å². The molecule has 4 aromatic heterocycles. The molecular weight excluding hydrogens is 1010 g/mol. The van der Waals surface area contributed by atoms with Crippen LogP contribution in [0.25, 0.3) is 33.2 Å². The number of carbonyl (C=O) groups excluding carboxylic acids is 6. The fraction of sp³-hybridized carbons (Fsp3) is 0.387. The zero-order chi connectivity index (χ0) is 56.8. The van der Waals surface area contributed by atoms with Gasteiger partial charge in [0.2, 0.25) is 23.6 Å². The highest BCUT2D eigenvalue weighted by Crippen LogP contribution is 2.36. The van der Waals surface area contributed by atoms with Crippen LogP contribution < -0.4 is 31.9 Å². The largest absolute Gasteiger partial charge is 0.348 e. The molecule has 0 saturated carbocycles. The van der Waals surface area contributed by atoms with Crippen molar-refractivity contribution in [3.05, 3.63) is 155 Å². The molecule has 6 atom stereocenters. The van der Waals surface area contributed by atoms with E-state index >= 15 is 0 Å². The fourth-order valence-electron chi connectivity index (χ4n) is 11.0. The molecule has 0 unspecified atom stereocenters. The van der Waals surface area contributed by atoms with Crippen molar-refractivity contribution in [2.45, 2.75) is 117 Å². The number of hydrogen-bond donors (Lipinski definition) is 6. The maximum atomic E-state index is 14.1. The van der Waals surface area contributed by atoms with Crippen molar-refractivity contribution in [3.63, 3.8) is 0 Å². The van der Waals surface area contributed by atoms with E-state index in [1.165, 1.54) is 0 Å². The van der Waals surface area contributed by atoms with Gasteiger partial charge in [0.25, 0.3) is 11.8 Å². The number of likely N-dealkylation sites (N-methyl/N-ethyl adjacent to an activating group) is 2. The van der Waals surface area contributed by atoms with E-state index in [1.807, 2.05) is 144 Å². The van der Waals surface area contributed by atoms with Gasteiger partial charge in [0, 0.05) is 61.7 Å². The first-order valence-electron chi connectivity index (χ1n) is 27.9. The number of nitrogens with one attached hydrogen (secondary N) is 6. The summed E-state index contributed by atoms with van der Waals surface area (Å²) in [6.45, 7) is 13.0. The first-order valence-corrected chi connectivity index (χ1v) is 27.9. The molecule has 2 fully saturated rings. The normalized spacial score (nSPS) is 16.9. The van der Waals surface area contributed by atoms with Crippen LogP contribution in [0, 0.1) is 11.8 Å². The number of fused-ring (bicyclic) bond motifs is 2. The van der Waals surface area contributed by atoms with E-state index in [2.05, 4.69) is 41.9 Å². The average Bonchev–Trinajstić information content (AvgIpc) is 4.33. The second-order valence-corrected chi connectivity index (χ2v) is 21.9. The van der Waals surface area contributed by atoms with Crippen LogP contribution in [0.5, 0.6) is 0 Å². The molecule has 3 aromatic carbocycles. The SMILES string of the molecule is CN[C@@H](C)C(=O)N[C@H](C(=O)N1CCC[C@H]1c1cncc(-n2cc(C(=O)NCc3ccc(CNC(=O)c4cn(-c5cncc([C@@H]6CCCN6C(=O)[C@@H](NC(=O)[C@H](C)NC)C(C)C)c5)c5ccccc45)cc3)c3ccccc32)c1)C(C)C. The number of hydrogen-bond acceptors (Lipinski definition) is 10. The minimum Gasteiger partial charge on any atom is -0.348 e. The molecule has 2 saturated heterocycles. The van der Waals surface area contributed by atoms with Crippen LogP contribution in [-0.4, -0.2) is 116 Å². The Morgan fingerprint density at radius 3 is 1.30 bits per heavy atom. The van der Waals surface area contributed by atoms with Gasteiger partial charge in [0.05, 0.1) is 70.1 Å². The van der Waals surface area contributed by atoms with Gasteiger partial charge in [0.1, 0.15) is 12.1 Å². The third-order valence-corrected chi connectivity index (χ3v) is 15.8. The highest BCUT2D eigenvalue weighted by atomic mass is 16.2. The van der Waals surface area contributed by atoms with Gasteiger partial charge in [-0.15, -0.1) is 0 Å². The lowest BCUT2D eigenvalue weighted by Gasteiger charge is -2.32. The Labute approximate surface area is 467 Å². The van der Waals surface area contributed by atoms with Crippen LogP contribution >= 0.6 is 0 Å². The van der Waals surface area contributed by atoms with E-state index in [0.29, 0.717) is 24.2 Å². The van der Waals surface area contributed by atoms with Gasteiger partial charge in [-0.2, -0.15) is 0 Å². The second-order valence-electron chi connectivity index (χ2n) is 21.9. The molecule has 18 nitrogen and oxygen atoms in total. The molecule has 9 rings (SSSR count). The Balaban J connectivity index is 0.841. The molecule has 2 aliphatic rings. The predicted molar refractivity (Wildman–Crippen MR) is 309 cm³/mol. The van der Waals surface area contributed by atoms with Crippen LogP contribution in [0.3, 0.4) is 0 Å². The van der Waals surface area contributed by atoms with Crippen molar-refractivity contribution in [3.8, 4) is 11.4 Å². The summed E-state index contributed by atoms with van der Waals surface area (Å²) in [5, 5.41) is 19.6. The summed E-state index contributed by atoms with van der Waals surface area (Å²) >= 11 is 0. The first-order chi connectivity index (χ1) is 38.6. The topological polar surface area (TPSA) is 217 Å². The monoisotopic (exact) mass is 1080 g/mol. The van der Waals surface area contributed by atoms with E-state index in [0.717, 1.165) is 81.1 Å². The molecule has 0 aliphatic carbocycles. The van der Waals surface area contributed by atoms with Crippen molar-refractivity contribution >= 4 is 57.2 Å². The summed E-state index contributed by atoms with van der Waals surface area (Å²) in [7, 11) is 3.43. The molecule has 418 valence electrons. The number of rotatable bonds is 20. The molecular formula is C62H74N12O6. The number of benzene rings is 3. The molecule has 6 heterocycles. The summed E-state index contributed by atoms with van der Waals surface area (Å²) in [6, 6.07) is 24.6. The maximum absolute atomic E-state index is 14.1. The average molecular weight is 1080 g/mol. The van der Waals surface area contributed by atoms with E-state index in [9.17, 15) is 28.8 Å². The van der Waals surface area contributed by atoms with Gasteiger partial charge in [-0.25, -0.2) is 0 Å². The van der Waals surface area contributed by atoms with Crippen LogP contribution in [0.15, 0.2) is 122 Å². The zero-order valence-corrected chi connectivity index (χ0v) is 47.0. The van der Waals surface area contributed by atoms with Crippen molar-refractivity contribution < 1.29 is 28.8 Å². The van der Waals surface area contributed by atoms with Crippen molar-refractivity contribution in [1.82, 2.24) is 60.8 Å². The predicted octanol–water partition coefficient (Wildman–Crippen LogP) is 7.05. The third-order valence-electron chi connectivity index (χ3n) is 15.8. The summed E-state index contributed by atoms with van der Waals surface area (Å²) < 4.78 is 3.92. The maximum Gasteiger partial charge on any atom is 0.253 e. The van der Waals surface area contributed by atoms with Crippen molar-refractivity contribution in [2.24, 2.45) is 11.8 Å². The number of carbonyl (C=O) groups is 6. The first kappa shape index (κ1) is 56.5. The Bertz CT molecular complexity index is 3180. The van der Waals surface area contributed by atoms with Gasteiger partial charge in [-0.1, -0.05) is 88.4 Å². The van der Waals surface area contributed by atoms with E-state index in [-0.39, 0.29) is 72.5 Å². The van der Waals surface area contributed by atoms with Gasteiger partial charge in [-0.3, -0.25) is 38.7 Å². The molecule has 18 heteroatoms. The van der Waals surface area contributed by atoms with Crippen molar-refractivity contribution in [2.75, 3.05) is 27.2 Å². The molecule has 7 aromatic rings. The lowest BCUT2D eigenvalue weighted by atomic mass is 10.00. The minimum absolute atomic E-state index is 0.113. The number of pyridine rings is 2. The third kappa shape index (κ3) is 12.0. The molecule has 80 heavy (non-hydrogen) atoms. The quantitative estimate of drug-likeness (QED) is 0.0457. The van der Waals surface area contributed by atoms with Crippen LogP contribution in [0.1, 0.15) is 122 Å². The number of nitrogens with zero attached hydrogens (tertiary/aromatic N) is 6. The molecule has 0 bridgehead atoms.